The first-order valence-electron chi connectivity index (χ1n) is 6.76. The van der Waals surface area contributed by atoms with Crippen LogP contribution in [-0.2, 0) is 0 Å². The average molecular weight is 357 g/mol. The molecule has 0 amide bonds. The third kappa shape index (κ3) is 2.93. The molecule has 0 unspecified atom stereocenters. The van der Waals surface area contributed by atoms with Crippen molar-refractivity contribution in [3.63, 3.8) is 0 Å². The van der Waals surface area contributed by atoms with Crippen LogP contribution in [0.5, 0.6) is 0 Å². The maximum atomic E-state index is 11.0. The summed E-state index contributed by atoms with van der Waals surface area (Å²) in [4.78, 5) is 13.5. The van der Waals surface area contributed by atoms with Crippen molar-refractivity contribution in [2.24, 2.45) is 0 Å². The summed E-state index contributed by atoms with van der Waals surface area (Å²) in [6.45, 7) is 0. The molecule has 0 bridgehead atoms. The lowest BCUT2D eigenvalue weighted by atomic mass is 10.1. The van der Waals surface area contributed by atoms with Crippen LogP contribution < -0.4 is 0 Å². The second-order valence-electron chi connectivity index (χ2n) is 4.92. The van der Waals surface area contributed by atoms with Gasteiger partial charge in [-0.3, -0.25) is 14.7 Å². The number of nitriles is 1. The Kier molecular flexibility index (Phi) is 4.16. The molecule has 0 aliphatic heterocycles. The molecule has 2 aromatic carbocycles. The van der Waals surface area contributed by atoms with E-state index in [1.807, 2.05) is 0 Å². The van der Waals surface area contributed by atoms with Gasteiger partial charge in [0.25, 0.3) is 5.69 Å². The Balaban J connectivity index is 2.23. The van der Waals surface area contributed by atoms with Crippen LogP contribution in [0.25, 0.3) is 22.8 Å². The van der Waals surface area contributed by atoms with Gasteiger partial charge in [0.1, 0.15) is 6.07 Å². The molecule has 0 saturated carbocycles. The van der Waals surface area contributed by atoms with E-state index in [1.165, 1.54) is 22.9 Å². The van der Waals surface area contributed by atoms with Gasteiger partial charge in [0.05, 0.1) is 21.5 Å². The Morgan fingerprint density at radius 3 is 2.83 bits per heavy atom. The summed E-state index contributed by atoms with van der Waals surface area (Å²) in [7, 11) is 0. The van der Waals surface area contributed by atoms with Crippen LogP contribution in [0.2, 0.25) is 5.02 Å². The molecule has 0 spiro atoms. The van der Waals surface area contributed by atoms with E-state index in [1.54, 1.807) is 30.3 Å². The summed E-state index contributed by atoms with van der Waals surface area (Å²) < 4.78 is 1.87. The SMILES string of the molecule is N#C/C(=C/n1c(=S)[nH]c2ccc([N+](=O)[O-])cc21)c1cccc(Cl)c1. The Bertz CT molecular complexity index is 1090. The quantitative estimate of drug-likeness (QED) is 0.316. The number of non-ortho nitro benzene ring substituents is 1. The molecular weight excluding hydrogens is 348 g/mol. The third-order valence-corrected chi connectivity index (χ3v) is 3.96. The predicted octanol–water partition coefficient (Wildman–Crippen LogP) is 4.78. The van der Waals surface area contributed by atoms with Crippen LogP contribution in [0.1, 0.15) is 5.56 Å². The van der Waals surface area contributed by atoms with Gasteiger partial charge in [-0.2, -0.15) is 5.26 Å². The zero-order valence-electron chi connectivity index (χ0n) is 12.1. The van der Waals surface area contributed by atoms with Gasteiger partial charge in [-0.15, -0.1) is 0 Å². The summed E-state index contributed by atoms with van der Waals surface area (Å²) in [6.07, 6.45) is 1.54. The molecule has 1 aromatic heterocycles. The van der Waals surface area contributed by atoms with Crippen LogP contribution in [0.4, 0.5) is 5.69 Å². The van der Waals surface area contributed by atoms with Crippen molar-refractivity contribution in [2.75, 3.05) is 0 Å². The third-order valence-electron chi connectivity index (χ3n) is 3.43. The molecule has 1 heterocycles. The van der Waals surface area contributed by atoms with Gasteiger partial charge in [0.15, 0.2) is 4.77 Å². The topological polar surface area (TPSA) is 87.7 Å². The number of allylic oxidation sites excluding steroid dienone is 1. The lowest BCUT2D eigenvalue weighted by Crippen LogP contribution is -1.92. The first kappa shape index (κ1) is 15.9. The normalized spacial score (nSPS) is 11.4. The highest BCUT2D eigenvalue weighted by Crippen LogP contribution is 2.24. The highest BCUT2D eigenvalue weighted by Gasteiger charge is 2.11. The lowest BCUT2D eigenvalue weighted by molar-refractivity contribution is -0.384. The van der Waals surface area contributed by atoms with Crippen molar-refractivity contribution in [2.45, 2.75) is 0 Å². The molecule has 118 valence electrons. The second kappa shape index (κ2) is 6.28. The van der Waals surface area contributed by atoms with Gasteiger partial charge in [0.2, 0.25) is 0 Å². The van der Waals surface area contributed by atoms with E-state index in [2.05, 4.69) is 11.1 Å². The Morgan fingerprint density at radius 1 is 1.38 bits per heavy atom. The number of halogens is 1. The van der Waals surface area contributed by atoms with E-state index in [9.17, 15) is 15.4 Å². The number of hydrogen-bond acceptors (Lipinski definition) is 4. The fourth-order valence-corrected chi connectivity index (χ4v) is 2.76. The van der Waals surface area contributed by atoms with Gasteiger partial charge in [0, 0.05) is 23.4 Å². The lowest BCUT2D eigenvalue weighted by Gasteiger charge is -2.02. The molecule has 0 aliphatic rings. The number of hydrogen-bond donors (Lipinski definition) is 1. The molecule has 0 radical (unpaired) electrons. The van der Waals surface area contributed by atoms with E-state index >= 15 is 0 Å². The summed E-state index contributed by atoms with van der Waals surface area (Å²) in [5, 5.41) is 20.9. The van der Waals surface area contributed by atoms with E-state index in [0.29, 0.717) is 32.0 Å². The van der Waals surface area contributed by atoms with E-state index in [4.69, 9.17) is 23.8 Å². The van der Waals surface area contributed by atoms with E-state index < -0.39 is 4.92 Å². The van der Waals surface area contributed by atoms with Crippen molar-refractivity contribution in [3.8, 4) is 6.07 Å². The molecule has 0 atom stereocenters. The van der Waals surface area contributed by atoms with Crippen LogP contribution in [0, 0.1) is 26.2 Å². The number of rotatable bonds is 3. The van der Waals surface area contributed by atoms with E-state index in [0.717, 1.165) is 0 Å². The molecule has 3 rings (SSSR count). The molecule has 1 N–H and O–H groups in total. The fraction of sp³-hybridized carbons (Fsp3) is 0. The number of imidazole rings is 1. The number of nitrogens with one attached hydrogen (secondary N) is 1. The summed E-state index contributed by atoms with van der Waals surface area (Å²) >= 11 is 11.2. The van der Waals surface area contributed by atoms with Crippen molar-refractivity contribution in [1.29, 1.82) is 5.26 Å². The molecule has 0 fully saturated rings. The van der Waals surface area contributed by atoms with Crippen molar-refractivity contribution < 1.29 is 4.92 Å². The van der Waals surface area contributed by atoms with Crippen LogP contribution in [0.15, 0.2) is 42.5 Å². The standard InChI is InChI=1S/C16H9ClN4O2S/c17-12-3-1-2-10(6-12)11(8-18)9-20-15-7-13(21(22)23)4-5-14(15)19-16(20)24/h1-7,9H,(H,19,24)/b11-9-. The first-order chi connectivity index (χ1) is 11.5. The number of nitrogens with zero attached hydrogens (tertiary/aromatic N) is 3. The van der Waals surface area contributed by atoms with E-state index in [-0.39, 0.29) is 5.69 Å². The maximum absolute atomic E-state index is 11.0. The number of H-pyrrole nitrogens is 1. The summed E-state index contributed by atoms with van der Waals surface area (Å²) in [6, 6.07) is 13.3. The first-order valence-corrected chi connectivity index (χ1v) is 7.55. The number of nitro groups is 1. The number of aromatic nitrogens is 2. The fourth-order valence-electron chi connectivity index (χ4n) is 2.30. The molecule has 3 aromatic rings. The smallest absolute Gasteiger partial charge is 0.271 e. The minimum atomic E-state index is -0.480. The van der Waals surface area contributed by atoms with Gasteiger partial charge >= 0.3 is 0 Å². The largest absolute Gasteiger partial charge is 0.330 e. The van der Waals surface area contributed by atoms with Gasteiger partial charge < -0.3 is 4.98 Å². The predicted molar refractivity (Wildman–Crippen MR) is 95.0 cm³/mol. The zero-order chi connectivity index (χ0) is 17.3. The number of aromatic amines is 1. The Hall–Kier alpha value is -2.95. The second-order valence-corrected chi connectivity index (χ2v) is 5.75. The molecule has 24 heavy (non-hydrogen) atoms. The van der Waals surface area contributed by atoms with Crippen molar-refractivity contribution in [1.82, 2.24) is 9.55 Å². The van der Waals surface area contributed by atoms with Crippen LogP contribution in [-0.4, -0.2) is 14.5 Å². The van der Waals surface area contributed by atoms with Gasteiger partial charge in [-0.05, 0) is 36.0 Å². The molecular formula is C16H9ClN4O2S. The minimum Gasteiger partial charge on any atom is -0.330 e. The summed E-state index contributed by atoms with van der Waals surface area (Å²) in [5.41, 5.74) is 2.07. The molecule has 6 nitrogen and oxygen atoms in total. The number of benzene rings is 2. The molecule has 0 aliphatic carbocycles. The van der Waals surface area contributed by atoms with Gasteiger partial charge in [-0.1, -0.05) is 23.7 Å². The average Bonchev–Trinajstić information content (AvgIpc) is 2.87. The Morgan fingerprint density at radius 2 is 2.17 bits per heavy atom. The zero-order valence-corrected chi connectivity index (χ0v) is 13.6. The van der Waals surface area contributed by atoms with Crippen LogP contribution in [0.3, 0.4) is 0 Å². The van der Waals surface area contributed by atoms with Gasteiger partial charge in [-0.25, -0.2) is 0 Å². The van der Waals surface area contributed by atoms with Crippen molar-refractivity contribution in [3.05, 3.63) is 67.9 Å². The Labute approximate surface area is 146 Å². The minimum absolute atomic E-state index is 0.0556. The summed E-state index contributed by atoms with van der Waals surface area (Å²) in [5.74, 6) is 0. The monoisotopic (exact) mass is 356 g/mol. The number of nitro benzene ring substituents is 1. The maximum Gasteiger partial charge on any atom is 0.271 e. The molecule has 0 saturated heterocycles. The number of fused-ring (bicyclic) bond motifs is 1. The highest BCUT2D eigenvalue weighted by atomic mass is 35.5. The molecule has 8 heteroatoms. The van der Waals surface area contributed by atoms with Crippen LogP contribution >= 0.6 is 23.8 Å². The van der Waals surface area contributed by atoms with Crippen molar-refractivity contribution >= 4 is 52.3 Å². The highest BCUT2D eigenvalue weighted by molar-refractivity contribution is 7.71.